The number of hydrogen-bond donors (Lipinski definition) is 0. The van der Waals surface area contributed by atoms with Gasteiger partial charge in [-0.05, 0) is 6.07 Å². The van der Waals surface area contributed by atoms with Gasteiger partial charge in [-0.2, -0.15) is 5.10 Å². The lowest BCUT2D eigenvalue weighted by Crippen LogP contribution is -2.25. The van der Waals surface area contributed by atoms with Crippen molar-refractivity contribution in [1.29, 1.82) is 0 Å². The van der Waals surface area contributed by atoms with Crippen LogP contribution in [-0.4, -0.2) is 33.0 Å². The number of fused-ring (bicyclic) bond motifs is 1. The molecule has 0 radical (unpaired) electrons. The van der Waals surface area contributed by atoms with E-state index in [1.165, 1.54) is 0 Å². The highest BCUT2D eigenvalue weighted by Crippen LogP contribution is 2.17. The number of aromatic nitrogens is 3. The van der Waals surface area contributed by atoms with Gasteiger partial charge < -0.3 is 4.90 Å². The second-order valence-electron chi connectivity index (χ2n) is 3.57. The Morgan fingerprint density at radius 2 is 2.33 bits per heavy atom. The van der Waals surface area contributed by atoms with E-state index in [9.17, 15) is 0 Å². The molecule has 4 nitrogen and oxygen atoms in total. The zero-order chi connectivity index (χ0) is 10.8. The third-order valence-electron chi connectivity index (χ3n) is 2.19. The second kappa shape index (κ2) is 4.18. The van der Waals surface area contributed by atoms with Crippen LogP contribution in [0.25, 0.3) is 5.52 Å². The first-order valence-electron chi connectivity index (χ1n) is 4.82. The van der Waals surface area contributed by atoms with E-state index in [1.807, 2.05) is 23.8 Å². The molecule has 0 aliphatic carbocycles. The highest BCUT2D eigenvalue weighted by Gasteiger charge is 2.09. The van der Waals surface area contributed by atoms with E-state index in [-0.39, 0.29) is 0 Å². The largest absolute Gasteiger partial charge is 0.357 e. The minimum Gasteiger partial charge on any atom is -0.357 e. The number of rotatable bonds is 3. The van der Waals surface area contributed by atoms with Gasteiger partial charge in [0.15, 0.2) is 5.82 Å². The van der Waals surface area contributed by atoms with Gasteiger partial charge in [-0.15, -0.1) is 0 Å². The molecule has 0 spiro atoms. The van der Waals surface area contributed by atoms with Crippen molar-refractivity contribution >= 4 is 27.3 Å². The Labute approximate surface area is 97.0 Å². The molecule has 0 aliphatic rings. The van der Waals surface area contributed by atoms with E-state index in [4.69, 9.17) is 0 Å². The van der Waals surface area contributed by atoms with Crippen molar-refractivity contribution in [1.82, 2.24) is 14.6 Å². The Bertz CT molecular complexity index is 451. The first-order chi connectivity index (χ1) is 7.18. The standard InChI is InChI=1S/C10H13BrN4/c1-8(11)7-14(2)10-9-3-4-13-15(9)6-5-12-10/h3-6,8H,7H2,1-2H3. The zero-order valence-electron chi connectivity index (χ0n) is 8.76. The molecular weight excluding hydrogens is 256 g/mol. The highest BCUT2D eigenvalue weighted by molar-refractivity contribution is 9.09. The van der Waals surface area contributed by atoms with Crippen LogP contribution in [0.15, 0.2) is 24.7 Å². The molecule has 0 bridgehead atoms. The summed E-state index contributed by atoms with van der Waals surface area (Å²) in [6.07, 6.45) is 5.40. The van der Waals surface area contributed by atoms with E-state index in [1.54, 1.807) is 12.4 Å². The third kappa shape index (κ3) is 2.12. The van der Waals surface area contributed by atoms with Gasteiger partial charge in [-0.25, -0.2) is 9.50 Å². The summed E-state index contributed by atoms with van der Waals surface area (Å²) in [6.45, 7) is 3.03. The fourth-order valence-electron chi connectivity index (χ4n) is 1.60. The van der Waals surface area contributed by atoms with Crippen molar-refractivity contribution in [2.45, 2.75) is 11.8 Å². The van der Waals surface area contributed by atoms with E-state index in [0.29, 0.717) is 4.83 Å². The normalized spacial score (nSPS) is 13.0. The van der Waals surface area contributed by atoms with Crippen LogP contribution >= 0.6 is 15.9 Å². The van der Waals surface area contributed by atoms with Crippen LogP contribution < -0.4 is 4.90 Å². The van der Waals surface area contributed by atoms with E-state index >= 15 is 0 Å². The van der Waals surface area contributed by atoms with Crippen molar-refractivity contribution in [2.24, 2.45) is 0 Å². The van der Waals surface area contributed by atoms with Crippen LogP contribution in [0.1, 0.15) is 6.92 Å². The van der Waals surface area contributed by atoms with Crippen LogP contribution in [-0.2, 0) is 0 Å². The van der Waals surface area contributed by atoms with Crippen LogP contribution in [0.2, 0.25) is 0 Å². The first-order valence-corrected chi connectivity index (χ1v) is 5.73. The smallest absolute Gasteiger partial charge is 0.154 e. The lowest BCUT2D eigenvalue weighted by Gasteiger charge is -2.19. The molecule has 2 rings (SSSR count). The van der Waals surface area contributed by atoms with Gasteiger partial charge in [-0.1, -0.05) is 22.9 Å². The molecule has 0 aromatic carbocycles. The van der Waals surface area contributed by atoms with Crippen molar-refractivity contribution in [3.05, 3.63) is 24.7 Å². The fourth-order valence-corrected chi connectivity index (χ4v) is 2.04. The van der Waals surface area contributed by atoms with Gasteiger partial charge in [0.2, 0.25) is 0 Å². The SMILES string of the molecule is CC(Br)CN(C)c1nccn2nccc12. The predicted octanol–water partition coefficient (Wildman–Crippen LogP) is 1.95. The monoisotopic (exact) mass is 268 g/mol. The molecule has 80 valence electrons. The molecule has 2 heterocycles. The maximum Gasteiger partial charge on any atom is 0.154 e. The molecule has 2 aromatic heterocycles. The van der Waals surface area contributed by atoms with Crippen molar-refractivity contribution in [3.8, 4) is 0 Å². The van der Waals surface area contributed by atoms with Gasteiger partial charge >= 0.3 is 0 Å². The fraction of sp³-hybridized carbons (Fsp3) is 0.400. The summed E-state index contributed by atoms with van der Waals surface area (Å²) >= 11 is 3.54. The summed E-state index contributed by atoms with van der Waals surface area (Å²) < 4.78 is 1.83. The molecule has 1 atom stereocenters. The topological polar surface area (TPSA) is 33.4 Å². The Balaban J connectivity index is 2.38. The molecule has 2 aromatic rings. The lowest BCUT2D eigenvalue weighted by molar-refractivity contribution is 0.850. The minimum atomic E-state index is 0.437. The second-order valence-corrected chi connectivity index (χ2v) is 5.14. The molecule has 0 saturated carbocycles. The van der Waals surface area contributed by atoms with Gasteiger partial charge in [0.1, 0.15) is 5.52 Å². The Morgan fingerprint density at radius 3 is 3.07 bits per heavy atom. The van der Waals surface area contributed by atoms with Crippen LogP contribution in [0.5, 0.6) is 0 Å². The van der Waals surface area contributed by atoms with Crippen molar-refractivity contribution < 1.29 is 0 Å². The van der Waals surface area contributed by atoms with Gasteiger partial charge in [0.25, 0.3) is 0 Å². The summed E-state index contributed by atoms with van der Waals surface area (Å²) in [6, 6.07) is 1.97. The van der Waals surface area contributed by atoms with Crippen LogP contribution in [0.3, 0.4) is 0 Å². The lowest BCUT2D eigenvalue weighted by atomic mass is 10.4. The van der Waals surface area contributed by atoms with Crippen LogP contribution in [0.4, 0.5) is 5.82 Å². The summed E-state index contributed by atoms with van der Waals surface area (Å²) in [5.74, 6) is 0.960. The van der Waals surface area contributed by atoms with E-state index < -0.39 is 0 Å². The predicted molar refractivity (Wildman–Crippen MR) is 64.6 cm³/mol. The molecule has 0 N–H and O–H groups in total. The van der Waals surface area contributed by atoms with Crippen molar-refractivity contribution in [2.75, 3.05) is 18.5 Å². The molecule has 1 unspecified atom stereocenters. The average Bonchev–Trinajstić information content (AvgIpc) is 2.63. The minimum absolute atomic E-state index is 0.437. The van der Waals surface area contributed by atoms with Crippen molar-refractivity contribution in [3.63, 3.8) is 0 Å². The first kappa shape index (κ1) is 10.4. The number of hydrogen-bond acceptors (Lipinski definition) is 3. The summed E-state index contributed by atoms with van der Waals surface area (Å²) in [5.41, 5.74) is 1.04. The number of halogens is 1. The third-order valence-corrected chi connectivity index (χ3v) is 2.48. The number of alkyl halides is 1. The Hall–Kier alpha value is -1.10. The Kier molecular flexibility index (Phi) is 2.90. The highest BCUT2D eigenvalue weighted by atomic mass is 79.9. The maximum absolute atomic E-state index is 4.38. The van der Waals surface area contributed by atoms with Crippen LogP contribution in [0, 0.1) is 0 Å². The maximum atomic E-state index is 4.38. The summed E-state index contributed by atoms with van der Waals surface area (Å²) in [7, 11) is 2.03. The number of nitrogens with zero attached hydrogens (tertiary/aromatic N) is 4. The molecule has 0 saturated heterocycles. The van der Waals surface area contributed by atoms with Gasteiger partial charge in [0.05, 0.1) is 6.20 Å². The van der Waals surface area contributed by atoms with E-state index in [0.717, 1.165) is 17.9 Å². The summed E-state index contributed by atoms with van der Waals surface area (Å²) in [5, 5.41) is 4.18. The summed E-state index contributed by atoms with van der Waals surface area (Å²) in [4.78, 5) is 6.94. The molecule has 0 fully saturated rings. The molecule has 0 aliphatic heterocycles. The quantitative estimate of drug-likeness (QED) is 0.798. The van der Waals surface area contributed by atoms with Gasteiger partial charge in [-0.3, -0.25) is 0 Å². The average molecular weight is 269 g/mol. The molecule has 0 amide bonds. The number of anilines is 1. The van der Waals surface area contributed by atoms with Gasteiger partial charge in [0, 0.05) is 30.8 Å². The molecule has 5 heteroatoms. The molecular formula is C10H13BrN4. The zero-order valence-corrected chi connectivity index (χ0v) is 10.3. The molecule has 15 heavy (non-hydrogen) atoms. The van der Waals surface area contributed by atoms with E-state index in [2.05, 4.69) is 37.8 Å². The Morgan fingerprint density at radius 1 is 1.53 bits per heavy atom.